The molecule has 0 saturated carbocycles. The smallest absolute Gasteiger partial charge is 0.120 e. The van der Waals surface area contributed by atoms with E-state index in [9.17, 15) is 4.79 Å². The predicted octanol–water partition coefficient (Wildman–Crippen LogP) is 1.83. The molecule has 0 amide bonds. The Morgan fingerprint density at radius 3 is 2.67 bits per heavy atom. The summed E-state index contributed by atoms with van der Waals surface area (Å²) in [6.07, 6.45) is 0.398. The first-order chi connectivity index (χ1) is 6.22. The highest BCUT2D eigenvalue weighted by Crippen LogP contribution is 2.11. The van der Waals surface area contributed by atoms with Crippen molar-refractivity contribution < 1.29 is 10.9 Å². The van der Waals surface area contributed by atoms with Gasteiger partial charge in [0.05, 0.1) is 7.11 Å². The van der Waals surface area contributed by atoms with E-state index >= 15 is 0 Å². The minimum Gasteiger partial charge on any atom is -0.497 e. The zero-order valence-corrected chi connectivity index (χ0v) is 7.04. The molecule has 0 radical (unpaired) electrons. The van der Waals surface area contributed by atoms with Crippen LogP contribution in [-0.2, 0) is 11.2 Å². The van der Waals surface area contributed by atoms with Crippen LogP contribution in [0.1, 0.15) is 13.4 Å². The van der Waals surface area contributed by atoms with Crippen LogP contribution in [0.25, 0.3) is 0 Å². The Labute approximate surface area is 73.6 Å². The van der Waals surface area contributed by atoms with Gasteiger partial charge in [0.25, 0.3) is 0 Å². The van der Waals surface area contributed by atoms with Gasteiger partial charge in [0.1, 0.15) is 13.4 Å². The molecule has 0 heterocycles. The van der Waals surface area contributed by atoms with Gasteiger partial charge >= 0.3 is 0 Å². The van der Waals surface area contributed by atoms with Crippen LogP contribution in [-0.4, -0.2) is 13.4 Å². The summed E-state index contributed by atoms with van der Waals surface area (Å²) in [4.78, 5) is 10.4. The van der Waals surface area contributed by atoms with E-state index in [1.807, 2.05) is 24.3 Å². The number of carbonyl (C=O) groups excluding carboxylic acids is 1. The van der Waals surface area contributed by atoms with E-state index in [1.54, 1.807) is 7.11 Å². The van der Waals surface area contributed by atoms with Crippen molar-refractivity contribution in [3.63, 3.8) is 0 Å². The second-order valence-corrected chi connectivity index (χ2v) is 2.49. The molecule has 2 heteroatoms. The van der Waals surface area contributed by atoms with Crippen LogP contribution >= 0.6 is 0 Å². The molecule has 0 N–H and O–H groups in total. The molecule has 0 spiro atoms. The van der Waals surface area contributed by atoms with Crippen molar-refractivity contribution in [1.29, 1.82) is 0 Å². The summed E-state index contributed by atoms with van der Waals surface area (Å²) in [6, 6.07) is 7.51. The van der Waals surface area contributed by atoms with Crippen LogP contribution in [0.2, 0.25) is 0 Å². The lowest BCUT2D eigenvalue weighted by Crippen LogP contribution is -1.87. The molecule has 0 bridgehead atoms. The largest absolute Gasteiger partial charge is 0.497 e. The van der Waals surface area contributed by atoms with E-state index in [0.29, 0.717) is 6.42 Å². The summed E-state index contributed by atoms with van der Waals surface area (Å²) in [5, 5.41) is 0. The fourth-order valence-electron chi connectivity index (χ4n) is 0.988. The second-order valence-electron chi connectivity index (χ2n) is 2.49. The third kappa shape index (κ3) is 2.38. The maximum atomic E-state index is 10.4. The molecule has 0 saturated heterocycles. The fourth-order valence-corrected chi connectivity index (χ4v) is 0.988. The average molecular weight is 165 g/mol. The van der Waals surface area contributed by atoms with Crippen molar-refractivity contribution in [2.75, 3.05) is 7.11 Å². The summed E-state index contributed by atoms with van der Waals surface area (Å²) >= 11 is 0. The lowest BCUT2D eigenvalue weighted by molar-refractivity contribution is -0.107. The number of ether oxygens (including phenoxy) is 1. The van der Waals surface area contributed by atoms with Gasteiger partial charge in [-0.15, -0.1) is 0 Å². The third-order valence-corrected chi connectivity index (χ3v) is 1.67. The van der Waals surface area contributed by atoms with Crippen molar-refractivity contribution >= 4 is 6.26 Å². The Morgan fingerprint density at radius 2 is 2.17 bits per heavy atom. The highest BCUT2D eigenvalue weighted by molar-refractivity contribution is 5.50. The third-order valence-electron chi connectivity index (χ3n) is 1.67. The summed E-state index contributed by atoms with van der Waals surface area (Å²) < 4.78 is 11.7. The van der Waals surface area contributed by atoms with E-state index in [4.69, 9.17) is 6.11 Å². The molecule has 12 heavy (non-hydrogen) atoms. The number of hydrogen-bond donors (Lipinski definition) is 0. The van der Waals surface area contributed by atoms with Crippen LogP contribution in [0.4, 0.5) is 0 Å². The molecular formula is C10H12O2. The minimum absolute atomic E-state index is 0.284. The van der Waals surface area contributed by atoms with Gasteiger partial charge in [-0.25, -0.2) is 0 Å². The summed E-state index contributed by atoms with van der Waals surface area (Å²) in [5.74, 6) is 0.806. The lowest BCUT2D eigenvalue weighted by Gasteiger charge is -2.00. The number of hydrogen-bond acceptors (Lipinski definition) is 2. The van der Waals surface area contributed by atoms with E-state index in [2.05, 4.69) is 0 Å². The Bertz CT molecular complexity index is 279. The molecule has 64 valence electrons. The zero-order chi connectivity index (χ0) is 9.68. The van der Waals surface area contributed by atoms with Gasteiger partial charge in [0.15, 0.2) is 0 Å². The van der Waals surface area contributed by atoms with Crippen LogP contribution in [0.15, 0.2) is 24.3 Å². The minimum atomic E-state index is -0.518. The molecule has 0 aromatic heterocycles. The van der Waals surface area contributed by atoms with Crippen molar-refractivity contribution in [1.82, 2.24) is 0 Å². The molecule has 2 nitrogen and oxygen atoms in total. The first-order valence-corrected chi connectivity index (χ1v) is 3.84. The SMILES string of the molecule is [2H]C(=O)CCc1ccc(OC)cc1. The second kappa shape index (κ2) is 4.54. The molecule has 0 aliphatic heterocycles. The molecule has 1 aromatic rings. The number of carbonyl (C=O) groups is 1. The number of aryl methyl sites for hydroxylation is 1. The van der Waals surface area contributed by atoms with Gasteiger partial charge in [0, 0.05) is 6.42 Å². The van der Waals surface area contributed by atoms with Crippen molar-refractivity contribution in [2.45, 2.75) is 12.8 Å². The van der Waals surface area contributed by atoms with Crippen LogP contribution < -0.4 is 4.74 Å². The maximum absolute atomic E-state index is 10.4. The standard InChI is InChI=1S/C10H12O2/c1-12-10-6-4-9(5-7-10)3-2-8-11/h4-8H,2-3H2,1H3/i8D. The van der Waals surface area contributed by atoms with Gasteiger partial charge in [-0.2, -0.15) is 0 Å². The van der Waals surface area contributed by atoms with E-state index in [-0.39, 0.29) is 6.42 Å². The molecule has 1 rings (SSSR count). The number of benzene rings is 1. The highest BCUT2D eigenvalue weighted by Gasteiger charge is 1.92. The Balaban J connectivity index is 2.54. The normalized spacial score (nSPS) is 10.6. The first kappa shape index (κ1) is 7.35. The molecule has 0 unspecified atom stereocenters. The zero-order valence-electron chi connectivity index (χ0n) is 8.04. The van der Waals surface area contributed by atoms with Gasteiger partial charge in [-0.3, -0.25) is 0 Å². The molecule has 0 fully saturated rings. The number of aldehydes is 1. The van der Waals surface area contributed by atoms with Crippen LogP contribution in [0.3, 0.4) is 0 Å². The Morgan fingerprint density at radius 1 is 1.50 bits per heavy atom. The molecular weight excluding hydrogens is 152 g/mol. The molecule has 0 atom stereocenters. The van der Waals surface area contributed by atoms with Gasteiger partial charge in [-0.1, -0.05) is 12.1 Å². The first-order valence-electron chi connectivity index (χ1n) is 4.34. The van der Waals surface area contributed by atoms with E-state index < -0.39 is 6.26 Å². The van der Waals surface area contributed by atoms with Crippen molar-refractivity contribution in [2.24, 2.45) is 0 Å². The van der Waals surface area contributed by atoms with Gasteiger partial charge in [-0.05, 0) is 24.1 Å². The maximum Gasteiger partial charge on any atom is 0.120 e. The summed E-state index contributed by atoms with van der Waals surface area (Å²) in [5.41, 5.74) is 1.06. The summed E-state index contributed by atoms with van der Waals surface area (Å²) in [6.45, 7) is 0. The predicted molar refractivity (Wildman–Crippen MR) is 47.4 cm³/mol. The van der Waals surface area contributed by atoms with Gasteiger partial charge < -0.3 is 9.53 Å². The van der Waals surface area contributed by atoms with E-state index in [1.165, 1.54) is 0 Å². The van der Waals surface area contributed by atoms with Crippen LogP contribution in [0.5, 0.6) is 5.75 Å². The molecule has 0 aliphatic rings. The quantitative estimate of drug-likeness (QED) is 0.636. The number of rotatable bonds is 4. The Hall–Kier alpha value is -1.31. The molecule has 0 aliphatic carbocycles. The van der Waals surface area contributed by atoms with Crippen LogP contribution in [0, 0.1) is 0 Å². The van der Waals surface area contributed by atoms with Gasteiger partial charge in [0.2, 0.25) is 0 Å². The number of methoxy groups -OCH3 is 1. The topological polar surface area (TPSA) is 26.3 Å². The summed E-state index contributed by atoms with van der Waals surface area (Å²) in [7, 11) is 1.61. The highest BCUT2D eigenvalue weighted by atomic mass is 16.5. The molecule has 1 aromatic carbocycles. The monoisotopic (exact) mass is 165 g/mol. The average Bonchev–Trinajstić information content (AvgIpc) is 2.15. The lowest BCUT2D eigenvalue weighted by atomic mass is 10.1. The Kier molecular flexibility index (Phi) is 2.78. The fraction of sp³-hybridized carbons (Fsp3) is 0.300. The van der Waals surface area contributed by atoms with Crippen molar-refractivity contribution in [3.05, 3.63) is 29.8 Å². The van der Waals surface area contributed by atoms with Crippen molar-refractivity contribution in [3.8, 4) is 5.75 Å². The van der Waals surface area contributed by atoms with E-state index in [0.717, 1.165) is 11.3 Å².